The van der Waals surface area contributed by atoms with Crippen LogP contribution in [0.4, 0.5) is 5.69 Å². The van der Waals surface area contributed by atoms with E-state index in [2.05, 4.69) is 46.0 Å². The SMILES string of the molecule is C[C@@H](Oc1cc(-c2ccc(N3CCC(C4COC4)CC3)cn2)cc2ncn(C3CC3)c12)[C@H]1CNC(=O)C1. The number of benzene rings is 1. The molecule has 0 unspecified atom stereocenters. The lowest BCUT2D eigenvalue weighted by Crippen LogP contribution is -2.42. The second kappa shape index (κ2) is 9.31. The fourth-order valence-corrected chi connectivity index (χ4v) is 6.16. The molecule has 1 aromatic carbocycles. The molecule has 3 aliphatic heterocycles. The Balaban J connectivity index is 1.13. The number of piperidine rings is 1. The van der Waals surface area contributed by atoms with E-state index in [0.717, 1.165) is 66.2 Å². The summed E-state index contributed by atoms with van der Waals surface area (Å²) < 4.78 is 14.2. The summed E-state index contributed by atoms with van der Waals surface area (Å²) in [6.07, 6.45) is 9.21. The van der Waals surface area contributed by atoms with Gasteiger partial charge < -0.3 is 24.3 Å². The summed E-state index contributed by atoms with van der Waals surface area (Å²) in [6.45, 7) is 6.80. The molecule has 194 valence electrons. The van der Waals surface area contributed by atoms with Crippen LogP contribution in [0.2, 0.25) is 0 Å². The molecule has 5 heterocycles. The molecule has 1 aliphatic carbocycles. The van der Waals surface area contributed by atoms with Crippen LogP contribution in [0, 0.1) is 17.8 Å². The number of carbonyl (C=O) groups is 1. The summed E-state index contributed by atoms with van der Waals surface area (Å²) in [6, 6.07) is 9.05. The van der Waals surface area contributed by atoms with Crippen LogP contribution >= 0.6 is 0 Å². The maximum atomic E-state index is 11.8. The largest absolute Gasteiger partial charge is 0.488 e. The van der Waals surface area contributed by atoms with Gasteiger partial charge in [-0.3, -0.25) is 9.78 Å². The number of aromatic nitrogens is 3. The minimum Gasteiger partial charge on any atom is -0.488 e. The first kappa shape index (κ1) is 23.0. The maximum Gasteiger partial charge on any atom is 0.220 e. The highest BCUT2D eigenvalue weighted by Crippen LogP contribution is 2.41. The van der Waals surface area contributed by atoms with Gasteiger partial charge in [0.1, 0.15) is 17.4 Å². The van der Waals surface area contributed by atoms with Crippen LogP contribution < -0.4 is 15.0 Å². The van der Waals surface area contributed by atoms with E-state index >= 15 is 0 Å². The molecule has 0 bridgehead atoms. The van der Waals surface area contributed by atoms with Crippen molar-refractivity contribution in [1.29, 1.82) is 0 Å². The molecular weight excluding hydrogens is 466 g/mol. The molecule has 37 heavy (non-hydrogen) atoms. The van der Waals surface area contributed by atoms with Gasteiger partial charge in [-0.15, -0.1) is 0 Å². The number of pyridine rings is 1. The summed E-state index contributed by atoms with van der Waals surface area (Å²) in [5, 5.41) is 2.94. The summed E-state index contributed by atoms with van der Waals surface area (Å²) in [7, 11) is 0. The molecule has 1 amide bonds. The third kappa shape index (κ3) is 4.45. The number of amides is 1. The average molecular weight is 502 g/mol. The highest BCUT2D eigenvalue weighted by Gasteiger charge is 2.32. The number of carbonyl (C=O) groups excluding carboxylic acids is 1. The van der Waals surface area contributed by atoms with Gasteiger partial charge in [-0.1, -0.05) is 0 Å². The Morgan fingerprint density at radius 1 is 1.08 bits per heavy atom. The van der Waals surface area contributed by atoms with E-state index < -0.39 is 0 Å². The van der Waals surface area contributed by atoms with Crippen molar-refractivity contribution in [3.8, 4) is 17.0 Å². The van der Waals surface area contributed by atoms with Crippen LogP contribution in [0.3, 0.4) is 0 Å². The number of hydrogen-bond acceptors (Lipinski definition) is 6. The Morgan fingerprint density at radius 3 is 2.57 bits per heavy atom. The molecule has 0 spiro atoms. The lowest BCUT2D eigenvalue weighted by atomic mass is 9.83. The first-order valence-corrected chi connectivity index (χ1v) is 13.9. The number of nitrogens with zero attached hydrogens (tertiary/aromatic N) is 4. The van der Waals surface area contributed by atoms with Crippen molar-refractivity contribution >= 4 is 22.6 Å². The van der Waals surface area contributed by atoms with Gasteiger partial charge in [-0.05, 0) is 62.8 Å². The minimum atomic E-state index is -0.0790. The van der Waals surface area contributed by atoms with Gasteiger partial charge in [-0.25, -0.2) is 4.98 Å². The molecule has 4 aliphatic rings. The monoisotopic (exact) mass is 501 g/mol. The Labute approximate surface area is 217 Å². The Bertz CT molecular complexity index is 1290. The molecule has 4 fully saturated rings. The van der Waals surface area contributed by atoms with Gasteiger partial charge in [0.05, 0.1) is 42.6 Å². The molecule has 1 saturated carbocycles. The van der Waals surface area contributed by atoms with E-state index in [1.165, 1.54) is 31.4 Å². The van der Waals surface area contributed by atoms with Crippen molar-refractivity contribution in [2.24, 2.45) is 17.8 Å². The van der Waals surface area contributed by atoms with Crippen LogP contribution in [0.5, 0.6) is 5.75 Å². The normalized spacial score (nSPS) is 23.8. The number of rotatable bonds is 7. The van der Waals surface area contributed by atoms with Crippen LogP contribution in [-0.2, 0) is 9.53 Å². The van der Waals surface area contributed by atoms with Gasteiger partial charge in [0.25, 0.3) is 0 Å². The van der Waals surface area contributed by atoms with E-state index in [-0.39, 0.29) is 17.9 Å². The number of anilines is 1. The third-order valence-corrected chi connectivity index (χ3v) is 8.84. The highest BCUT2D eigenvalue weighted by atomic mass is 16.5. The van der Waals surface area contributed by atoms with E-state index in [9.17, 15) is 4.79 Å². The van der Waals surface area contributed by atoms with Gasteiger partial charge in [0.15, 0.2) is 0 Å². The molecule has 3 saturated heterocycles. The highest BCUT2D eigenvalue weighted by molar-refractivity contribution is 5.88. The zero-order valence-electron chi connectivity index (χ0n) is 21.4. The minimum absolute atomic E-state index is 0.0790. The summed E-state index contributed by atoms with van der Waals surface area (Å²) >= 11 is 0. The molecular formula is C29H35N5O3. The molecule has 2 aromatic heterocycles. The van der Waals surface area contributed by atoms with E-state index in [4.69, 9.17) is 19.4 Å². The van der Waals surface area contributed by atoms with Crippen molar-refractivity contribution < 1.29 is 14.3 Å². The van der Waals surface area contributed by atoms with Gasteiger partial charge in [0.2, 0.25) is 5.91 Å². The second-order valence-corrected chi connectivity index (χ2v) is 11.3. The number of fused-ring (bicyclic) bond motifs is 1. The van der Waals surface area contributed by atoms with Crippen molar-refractivity contribution in [1.82, 2.24) is 19.9 Å². The third-order valence-electron chi connectivity index (χ3n) is 8.84. The van der Waals surface area contributed by atoms with E-state index in [1.807, 2.05) is 12.5 Å². The van der Waals surface area contributed by atoms with Gasteiger partial charge in [-0.2, -0.15) is 0 Å². The molecule has 3 aromatic rings. The molecule has 8 nitrogen and oxygen atoms in total. The van der Waals surface area contributed by atoms with Gasteiger partial charge >= 0.3 is 0 Å². The topological polar surface area (TPSA) is 81.5 Å². The average Bonchev–Trinajstić information content (AvgIpc) is 3.48. The quantitative estimate of drug-likeness (QED) is 0.523. The zero-order chi connectivity index (χ0) is 24.9. The van der Waals surface area contributed by atoms with Crippen LogP contribution in [0.25, 0.3) is 22.3 Å². The van der Waals surface area contributed by atoms with Gasteiger partial charge in [0, 0.05) is 49.5 Å². The number of hydrogen-bond donors (Lipinski definition) is 1. The van der Waals surface area contributed by atoms with E-state index in [0.29, 0.717) is 19.0 Å². The summed E-state index contributed by atoms with van der Waals surface area (Å²) in [5.74, 6) is 2.68. The number of imidazole rings is 1. The predicted octanol–water partition coefficient (Wildman–Crippen LogP) is 4.20. The van der Waals surface area contributed by atoms with Crippen LogP contribution in [0.1, 0.15) is 45.1 Å². The second-order valence-electron chi connectivity index (χ2n) is 11.3. The first-order chi connectivity index (χ1) is 18.1. The predicted molar refractivity (Wildman–Crippen MR) is 142 cm³/mol. The van der Waals surface area contributed by atoms with Crippen molar-refractivity contribution in [2.45, 2.75) is 51.2 Å². The lowest BCUT2D eigenvalue weighted by Gasteiger charge is -2.40. The molecule has 8 heteroatoms. The fraction of sp³-hybridized carbons (Fsp3) is 0.552. The number of ether oxygens (including phenoxy) is 2. The van der Waals surface area contributed by atoms with Crippen molar-refractivity contribution in [3.63, 3.8) is 0 Å². The molecule has 1 N–H and O–H groups in total. The fourth-order valence-electron chi connectivity index (χ4n) is 6.16. The number of nitrogens with one attached hydrogen (secondary N) is 1. The Kier molecular flexibility index (Phi) is 5.80. The Hall–Kier alpha value is -3.13. The molecule has 0 radical (unpaired) electrons. The van der Waals surface area contributed by atoms with Crippen LogP contribution in [-0.4, -0.2) is 59.4 Å². The zero-order valence-corrected chi connectivity index (χ0v) is 21.4. The lowest BCUT2D eigenvalue weighted by molar-refractivity contribution is -0.119. The van der Waals surface area contributed by atoms with Crippen molar-refractivity contribution in [2.75, 3.05) is 37.7 Å². The maximum absolute atomic E-state index is 11.8. The first-order valence-electron chi connectivity index (χ1n) is 13.9. The summed E-state index contributed by atoms with van der Waals surface area (Å²) in [5.41, 5.74) is 5.09. The smallest absolute Gasteiger partial charge is 0.220 e. The summed E-state index contributed by atoms with van der Waals surface area (Å²) in [4.78, 5) is 23.8. The Morgan fingerprint density at radius 2 is 1.92 bits per heavy atom. The molecule has 7 rings (SSSR count). The van der Waals surface area contributed by atoms with Crippen molar-refractivity contribution in [3.05, 3.63) is 36.8 Å². The van der Waals surface area contributed by atoms with E-state index in [1.54, 1.807) is 0 Å². The van der Waals surface area contributed by atoms with Crippen LogP contribution in [0.15, 0.2) is 36.8 Å². The molecule has 2 atom stereocenters. The standard InChI is InChI=1S/C29H35N5O3/c1-18(21-12-28(35)31-13-21)37-27-11-20(10-26-29(27)34(17-32-26)23-2-3-23)25-5-4-24(14-30-25)33-8-6-19(7-9-33)22-15-36-16-22/h4-5,10-11,14,17-19,21-23H,2-3,6-9,12-13,15-16H2,1H3,(H,31,35)/t18-,21-/m1/s1.